The van der Waals surface area contributed by atoms with Crippen molar-refractivity contribution in [3.05, 3.63) is 59.9 Å². The number of nitrogens with zero attached hydrogens (tertiary/aromatic N) is 1. The molecule has 1 N–H and O–H groups in total. The second kappa shape index (κ2) is 8.08. The minimum atomic E-state index is -3.86. The van der Waals surface area contributed by atoms with Crippen LogP contribution in [0.1, 0.15) is 42.5 Å². The van der Waals surface area contributed by atoms with Gasteiger partial charge in [0.2, 0.25) is 0 Å². The molecule has 1 fully saturated rings. The Kier molecular flexibility index (Phi) is 5.79. The summed E-state index contributed by atoms with van der Waals surface area (Å²) in [6, 6.07) is 11.3. The molecule has 5 nitrogen and oxygen atoms in total. The topological polar surface area (TPSA) is 66.5 Å². The van der Waals surface area contributed by atoms with E-state index in [2.05, 4.69) is 5.32 Å². The second-order valence-corrected chi connectivity index (χ2v) is 8.75. The Morgan fingerprint density at radius 3 is 2.41 bits per heavy atom. The summed E-state index contributed by atoms with van der Waals surface area (Å²) in [7, 11) is -2.46. The fourth-order valence-corrected chi connectivity index (χ4v) is 4.50. The lowest BCUT2D eigenvalue weighted by Gasteiger charge is -2.23. The minimum absolute atomic E-state index is 0.0191. The van der Waals surface area contributed by atoms with E-state index in [1.807, 2.05) is 0 Å². The maximum absolute atomic E-state index is 13.1. The normalized spacial score (nSPS) is 15.3. The molecule has 0 saturated heterocycles. The summed E-state index contributed by atoms with van der Waals surface area (Å²) in [5.74, 6) is -0.700. The van der Waals surface area contributed by atoms with Gasteiger partial charge in [-0.1, -0.05) is 25.3 Å². The molecule has 0 spiro atoms. The van der Waals surface area contributed by atoms with Crippen molar-refractivity contribution in [1.29, 1.82) is 0 Å². The van der Waals surface area contributed by atoms with Gasteiger partial charge in [-0.2, -0.15) is 0 Å². The molecule has 0 bridgehead atoms. The average molecular weight is 390 g/mol. The third-order valence-corrected chi connectivity index (χ3v) is 6.67. The molecule has 27 heavy (non-hydrogen) atoms. The second-order valence-electron chi connectivity index (χ2n) is 6.79. The lowest BCUT2D eigenvalue weighted by atomic mass is 9.95. The average Bonchev–Trinajstić information content (AvgIpc) is 2.69. The quantitative estimate of drug-likeness (QED) is 0.846. The summed E-state index contributed by atoms with van der Waals surface area (Å²) in [4.78, 5) is 12.5. The number of anilines is 1. The number of halogens is 1. The predicted molar refractivity (Wildman–Crippen MR) is 103 cm³/mol. The molecular formula is C20H23FN2O3S. The summed E-state index contributed by atoms with van der Waals surface area (Å²) in [5, 5.41) is 2.99. The predicted octanol–water partition coefficient (Wildman–Crippen LogP) is 3.71. The third kappa shape index (κ3) is 4.47. The number of amides is 1. The summed E-state index contributed by atoms with van der Waals surface area (Å²) in [6.07, 6.45) is 5.30. The van der Waals surface area contributed by atoms with Crippen LogP contribution in [-0.2, 0) is 10.0 Å². The van der Waals surface area contributed by atoms with Gasteiger partial charge in [0, 0.05) is 18.7 Å². The molecule has 0 aliphatic heterocycles. The Balaban J connectivity index is 1.80. The Labute approximate surface area is 159 Å². The Morgan fingerprint density at radius 2 is 1.74 bits per heavy atom. The first-order valence-electron chi connectivity index (χ1n) is 9.03. The number of carbonyl (C=O) groups is 1. The molecule has 0 unspecified atom stereocenters. The first kappa shape index (κ1) is 19.4. The summed E-state index contributed by atoms with van der Waals surface area (Å²) >= 11 is 0. The van der Waals surface area contributed by atoms with E-state index in [-0.39, 0.29) is 16.8 Å². The van der Waals surface area contributed by atoms with Gasteiger partial charge in [0.1, 0.15) is 5.82 Å². The monoisotopic (exact) mass is 390 g/mol. The fourth-order valence-electron chi connectivity index (χ4n) is 3.26. The van der Waals surface area contributed by atoms with E-state index in [1.165, 1.54) is 49.9 Å². The van der Waals surface area contributed by atoms with Crippen LogP contribution in [0.25, 0.3) is 0 Å². The van der Waals surface area contributed by atoms with Crippen LogP contribution in [0.3, 0.4) is 0 Å². The first-order chi connectivity index (χ1) is 12.9. The van der Waals surface area contributed by atoms with Gasteiger partial charge in [-0.25, -0.2) is 12.8 Å². The number of hydrogen-bond donors (Lipinski definition) is 1. The van der Waals surface area contributed by atoms with E-state index in [4.69, 9.17) is 0 Å². The molecule has 1 saturated carbocycles. The summed E-state index contributed by atoms with van der Waals surface area (Å²) in [5.41, 5.74) is 0.655. The van der Waals surface area contributed by atoms with Gasteiger partial charge >= 0.3 is 0 Å². The number of nitrogens with one attached hydrogen (secondary N) is 1. The van der Waals surface area contributed by atoms with Crippen LogP contribution >= 0.6 is 0 Å². The van der Waals surface area contributed by atoms with Crippen LogP contribution < -0.4 is 9.62 Å². The fraction of sp³-hybridized carbons (Fsp3) is 0.350. The maximum atomic E-state index is 13.1. The molecule has 2 aromatic carbocycles. The van der Waals surface area contributed by atoms with Gasteiger partial charge in [-0.3, -0.25) is 9.10 Å². The summed E-state index contributed by atoms with van der Waals surface area (Å²) < 4.78 is 39.9. The van der Waals surface area contributed by atoms with Crippen LogP contribution in [0, 0.1) is 5.82 Å². The van der Waals surface area contributed by atoms with Gasteiger partial charge in [0.25, 0.3) is 15.9 Å². The number of sulfonamides is 1. The smallest absolute Gasteiger partial charge is 0.264 e. The highest BCUT2D eigenvalue weighted by atomic mass is 32.2. The number of hydrogen-bond acceptors (Lipinski definition) is 3. The van der Waals surface area contributed by atoms with Crippen molar-refractivity contribution in [2.45, 2.75) is 43.0 Å². The molecule has 1 aliphatic rings. The Morgan fingerprint density at radius 1 is 1.07 bits per heavy atom. The highest BCUT2D eigenvalue weighted by Crippen LogP contribution is 2.23. The number of benzene rings is 2. The van der Waals surface area contributed by atoms with Gasteiger partial charge in [-0.15, -0.1) is 0 Å². The Bertz CT molecular complexity index is 907. The molecule has 1 aliphatic carbocycles. The van der Waals surface area contributed by atoms with E-state index in [0.717, 1.165) is 30.0 Å². The molecule has 1 amide bonds. The highest BCUT2D eigenvalue weighted by molar-refractivity contribution is 7.92. The van der Waals surface area contributed by atoms with Crippen LogP contribution in [0.15, 0.2) is 53.4 Å². The largest absolute Gasteiger partial charge is 0.349 e. The van der Waals surface area contributed by atoms with E-state index >= 15 is 0 Å². The standard InChI is InChI=1S/C20H23FN2O3S/c1-23(18-12-10-16(21)11-13-18)27(25,26)19-9-5-6-15(14-19)20(24)22-17-7-3-2-4-8-17/h5-6,9-14,17H,2-4,7-8H2,1H3,(H,22,24). The van der Waals surface area contributed by atoms with Crippen LogP contribution in [-0.4, -0.2) is 27.4 Å². The molecule has 2 aromatic rings. The minimum Gasteiger partial charge on any atom is -0.349 e. The highest BCUT2D eigenvalue weighted by Gasteiger charge is 2.23. The molecule has 7 heteroatoms. The van der Waals surface area contributed by atoms with Crippen molar-refractivity contribution in [2.24, 2.45) is 0 Å². The van der Waals surface area contributed by atoms with E-state index < -0.39 is 15.8 Å². The van der Waals surface area contributed by atoms with E-state index in [1.54, 1.807) is 12.1 Å². The zero-order valence-corrected chi connectivity index (χ0v) is 16.0. The van der Waals surface area contributed by atoms with Crippen LogP contribution in [0.5, 0.6) is 0 Å². The van der Waals surface area contributed by atoms with Crippen LogP contribution in [0.4, 0.5) is 10.1 Å². The molecule has 0 radical (unpaired) electrons. The van der Waals surface area contributed by atoms with Crippen molar-refractivity contribution >= 4 is 21.6 Å². The molecule has 0 heterocycles. The van der Waals surface area contributed by atoms with Gasteiger partial charge < -0.3 is 5.32 Å². The van der Waals surface area contributed by atoms with Crippen molar-refractivity contribution < 1.29 is 17.6 Å². The van der Waals surface area contributed by atoms with Crippen molar-refractivity contribution in [3.8, 4) is 0 Å². The molecule has 3 rings (SSSR count). The SMILES string of the molecule is CN(c1ccc(F)cc1)S(=O)(=O)c1cccc(C(=O)NC2CCCCC2)c1. The lowest BCUT2D eigenvalue weighted by Crippen LogP contribution is -2.36. The molecule has 0 aromatic heterocycles. The molecule has 0 atom stereocenters. The molecular weight excluding hydrogens is 367 g/mol. The van der Waals surface area contributed by atoms with Crippen LogP contribution in [0.2, 0.25) is 0 Å². The zero-order chi connectivity index (χ0) is 19.4. The maximum Gasteiger partial charge on any atom is 0.264 e. The van der Waals surface area contributed by atoms with E-state index in [0.29, 0.717) is 11.3 Å². The van der Waals surface area contributed by atoms with E-state index in [9.17, 15) is 17.6 Å². The van der Waals surface area contributed by atoms with Gasteiger partial charge in [0.05, 0.1) is 10.6 Å². The molecule has 144 valence electrons. The summed E-state index contributed by atoms with van der Waals surface area (Å²) in [6.45, 7) is 0. The number of rotatable bonds is 5. The van der Waals surface area contributed by atoms with Crippen molar-refractivity contribution in [1.82, 2.24) is 5.32 Å². The van der Waals surface area contributed by atoms with Gasteiger partial charge in [-0.05, 0) is 55.3 Å². The van der Waals surface area contributed by atoms with Gasteiger partial charge in [0.15, 0.2) is 0 Å². The first-order valence-corrected chi connectivity index (χ1v) is 10.5. The Hall–Kier alpha value is -2.41. The lowest BCUT2D eigenvalue weighted by molar-refractivity contribution is 0.0927. The van der Waals surface area contributed by atoms with Crippen molar-refractivity contribution in [3.63, 3.8) is 0 Å². The number of carbonyl (C=O) groups excluding carboxylic acids is 1. The van der Waals surface area contributed by atoms with Crippen molar-refractivity contribution in [2.75, 3.05) is 11.4 Å². The third-order valence-electron chi connectivity index (χ3n) is 4.89. The zero-order valence-electron chi connectivity index (χ0n) is 15.2.